The summed E-state index contributed by atoms with van der Waals surface area (Å²) >= 11 is 7.60. The van der Waals surface area contributed by atoms with Crippen LogP contribution in [-0.2, 0) is 5.60 Å². The quantitative estimate of drug-likeness (QED) is 0.807. The SMILES string of the molecule is CCCC(O)(CCC)c1sccc1Cl. The van der Waals surface area contributed by atoms with Crippen LogP contribution in [-0.4, -0.2) is 5.11 Å². The van der Waals surface area contributed by atoms with Crippen LogP contribution in [0.25, 0.3) is 0 Å². The molecule has 0 aliphatic rings. The second-order valence-electron chi connectivity index (χ2n) is 3.63. The van der Waals surface area contributed by atoms with Crippen molar-refractivity contribution in [2.45, 2.75) is 45.1 Å². The lowest BCUT2D eigenvalue weighted by atomic mass is 9.91. The van der Waals surface area contributed by atoms with Gasteiger partial charge in [-0.05, 0) is 24.3 Å². The topological polar surface area (TPSA) is 20.2 Å². The summed E-state index contributed by atoms with van der Waals surface area (Å²) < 4.78 is 0. The van der Waals surface area contributed by atoms with Crippen LogP contribution in [0.15, 0.2) is 11.4 Å². The Morgan fingerprint density at radius 2 is 1.93 bits per heavy atom. The van der Waals surface area contributed by atoms with Crippen LogP contribution in [0.4, 0.5) is 0 Å². The van der Waals surface area contributed by atoms with E-state index in [1.54, 1.807) is 11.3 Å². The van der Waals surface area contributed by atoms with Crippen LogP contribution in [0.5, 0.6) is 0 Å². The van der Waals surface area contributed by atoms with Crippen LogP contribution < -0.4 is 0 Å². The Kier molecular flexibility index (Phi) is 4.42. The minimum atomic E-state index is -0.700. The van der Waals surface area contributed by atoms with Gasteiger partial charge in [0, 0.05) is 0 Å². The fourth-order valence-corrected chi connectivity index (χ4v) is 3.20. The van der Waals surface area contributed by atoms with E-state index in [1.165, 1.54) is 0 Å². The molecule has 1 nitrogen and oxygen atoms in total. The minimum absolute atomic E-state index is 0.700. The second-order valence-corrected chi connectivity index (χ2v) is 4.95. The summed E-state index contributed by atoms with van der Waals surface area (Å²) in [5.41, 5.74) is -0.700. The summed E-state index contributed by atoms with van der Waals surface area (Å²) in [7, 11) is 0. The summed E-state index contributed by atoms with van der Waals surface area (Å²) in [6.45, 7) is 4.17. The van der Waals surface area contributed by atoms with Crippen molar-refractivity contribution >= 4 is 22.9 Å². The smallest absolute Gasteiger partial charge is 0.100 e. The van der Waals surface area contributed by atoms with Gasteiger partial charge in [-0.1, -0.05) is 38.3 Å². The molecule has 1 aromatic heterocycles. The average molecular weight is 233 g/mol. The van der Waals surface area contributed by atoms with Gasteiger partial charge in [-0.25, -0.2) is 0 Å². The first kappa shape index (κ1) is 12.0. The van der Waals surface area contributed by atoms with E-state index in [-0.39, 0.29) is 0 Å². The fraction of sp³-hybridized carbons (Fsp3) is 0.636. The molecule has 0 spiro atoms. The summed E-state index contributed by atoms with van der Waals surface area (Å²) in [6.07, 6.45) is 3.54. The van der Waals surface area contributed by atoms with Crippen molar-refractivity contribution in [3.63, 3.8) is 0 Å². The van der Waals surface area contributed by atoms with Crippen molar-refractivity contribution in [2.24, 2.45) is 0 Å². The third-order valence-electron chi connectivity index (χ3n) is 2.37. The first-order chi connectivity index (χ1) is 6.64. The van der Waals surface area contributed by atoms with Gasteiger partial charge in [0.15, 0.2) is 0 Å². The van der Waals surface area contributed by atoms with Gasteiger partial charge in [-0.2, -0.15) is 0 Å². The van der Waals surface area contributed by atoms with Crippen molar-refractivity contribution in [1.29, 1.82) is 0 Å². The van der Waals surface area contributed by atoms with Gasteiger partial charge in [0.2, 0.25) is 0 Å². The molecule has 3 heteroatoms. The molecule has 1 rings (SSSR count). The van der Waals surface area contributed by atoms with E-state index >= 15 is 0 Å². The second kappa shape index (κ2) is 5.15. The summed E-state index contributed by atoms with van der Waals surface area (Å²) in [5, 5.41) is 13.1. The lowest BCUT2D eigenvalue weighted by Crippen LogP contribution is -2.24. The highest BCUT2D eigenvalue weighted by Crippen LogP contribution is 2.39. The molecule has 0 unspecified atom stereocenters. The molecule has 0 radical (unpaired) electrons. The van der Waals surface area contributed by atoms with Crippen LogP contribution in [0, 0.1) is 0 Å². The molecule has 1 heterocycles. The van der Waals surface area contributed by atoms with Gasteiger partial charge < -0.3 is 5.11 Å². The lowest BCUT2D eigenvalue weighted by Gasteiger charge is -2.26. The molecule has 0 amide bonds. The Labute approximate surface area is 94.7 Å². The Balaban J connectivity index is 2.92. The number of aliphatic hydroxyl groups is 1. The van der Waals surface area contributed by atoms with E-state index in [0.29, 0.717) is 5.02 Å². The number of hydrogen-bond donors (Lipinski definition) is 1. The van der Waals surface area contributed by atoms with E-state index in [1.807, 2.05) is 11.4 Å². The maximum Gasteiger partial charge on any atom is 0.100 e. The standard InChI is InChI=1S/C11H17ClOS/c1-3-6-11(13,7-4-2)10-9(12)5-8-14-10/h5,8,13H,3-4,6-7H2,1-2H3. The fourth-order valence-electron chi connectivity index (χ4n) is 1.80. The zero-order valence-electron chi connectivity index (χ0n) is 8.72. The number of hydrogen-bond acceptors (Lipinski definition) is 2. The van der Waals surface area contributed by atoms with E-state index in [2.05, 4.69) is 13.8 Å². The normalized spacial score (nSPS) is 12.0. The zero-order valence-corrected chi connectivity index (χ0v) is 10.3. The van der Waals surface area contributed by atoms with E-state index in [0.717, 1.165) is 30.6 Å². The zero-order chi connectivity index (χ0) is 10.6. The van der Waals surface area contributed by atoms with Crippen LogP contribution in [0.2, 0.25) is 5.02 Å². The third-order valence-corrected chi connectivity index (χ3v) is 3.90. The van der Waals surface area contributed by atoms with E-state index < -0.39 is 5.60 Å². The average Bonchev–Trinajstić information content (AvgIpc) is 2.52. The van der Waals surface area contributed by atoms with E-state index in [9.17, 15) is 5.11 Å². The Morgan fingerprint density at radius 1 is 1.36 bits per heavy atom. The van der Waals surface area contributed by atoms with Gasteiger partial charge >= 0.3 is 0 Å². The molecule has 0 atom stereocenters. The molecule has 0 aliphatic carbocycles. The van der Waals surface area contributed by atoms with Gasteiger partial charge in [0.25, 0.3) is 0 Å². The minimum Gasteiger partial charge on any atom is -0.384 e. The molecule has 80 valence electrons. The molecular weight excluding hydrogens is 216 g/mol. The van der Waals surface area contributed by atoms with Crippen molar-refractivity contribution < 1.29 is 5.11 Å². The van der Waals surface area contributed by atoms with Gasteiger partial charge in [0.05, 0.1) is 9.90 Å². The molecule has 1 aromatic rings. The first-order valence-electron chi connectivity index (χ1n) is 5.10. The molecule has 0 bridgehead atoms. The largest absolute Gasteiger partial charge is 0.384 e. The van der Waals surface area contributed by atoms with Gasteiger partial charge in [-0.15, -0.1) is 11.3 Å². The highest BCUT2D eigenvalue weighted by atomic mass is 35.5. The van der Waals surface area contributed by atoms with Crippen LogP contribution >= 0.6 is 22.9 Å². The van der Waals surface area contributed by atoms with Crippen molar-refractivity contribution in [2.75, 3.05) is 0 Å². The molecular formula is C11H17ClOS. The maximum atomic E-state index is 10.5. The predicted molar refractivity (Wildman–Crippen MR) is 63.0 cm³/mol. The highest BCUT2D eigenvalue weighted by molar-refractivity contribution is 7.10. The molecule has 0 fully saturated rings. The molecule has 0 saturated heterocycles. The van der Waals surface area contributed by atoms with Crippen molar-refractivity contribution in [3.05, 3.63) is 21.3 Å². The Hall–Kier alpha value is -0.0500. The molecule has 14 heavy (non-hydrogen) atoms. The van der Waals surface area contributed by atoms with Crippen LogP contribution in [0.3, 0.4) is 0 Å². The number of thiophene rings is 1. The Morgan fingerprint density at radius 3 is 2.29 bits per heavy atom. The van der Waals surface area contributed by atoms with Crippen LogP contribution in [0.1, 0.15) is 44.4 Å². The molecule has 0 aliphatic heterocycles. The predicted octanol–water partition coefficient (Wildman–Crippen LogP) is 4.19. The highest BCUT2D eigenvalue weighted by Gasteiger charge is 2.30. The van der Waals surface area contributed by atoms with Crippen molar-refractivity contribution in [1.82, 2.24) is 0 Å². The van der Waals surface area contributed by atoms with Gasteiger partial charge in [-0.3, -0.25) is 0 Å². The maximum absolute atomic E-state index is 10.5. The van der Waals surface area contributed by atoms with E-state index in [4.69, 9.17) is 11.6 Å². The first-order valence-corrected chi connectivity index (χ1v) is 6.35. The lowest BCUT2D eigenvalue weighted by molar-refractivity contribution is 0.0207. The number of halogens is 1. The monoisotopic (exact) mass is 232 g/mol. The Bertz CT molecular complexity index is 277. The molecule has 0 saturated carbocycles. The van der Waals surface area contributed by atoms with Crippen molar-refractivity contribution in [3.8, 4) is 0 Å². The summed E-state index contributed by atoms with van der Waals surface area (Å²) in [5.74, 6) is 0. The third kappa shape index (κ3) is 2.50. The summed E-state index contributed by atoms with van der Waals surface area (Å²) in [4.78, 5) is 0.933. The van der Waals surface area contributed by atoms with Gasteiger partial charge in [0.1, 0.15) is 5.60 Å². The number of rotatable bonds is 5. The molecule has 0 aromatic carbocycles. The summed E-state index contributed by atoms with van der Waals surface area (Å²) in [6, 6.07) is 1.86. The molecule has 1 N–H and O–H groups in total.